The number of ether oxygens (including phenoxy) is 1. The number of hydrogen-bond donors (Lipinski definition) is 0. The van der Waals surface area contributed by atoms with Gasteiger partial charge in [0.2, 0.25) is 5.95 Å². The molecule has 0 aliphatic carbocycles. The number of halogens is 1. The SMILES string of the molecule is C#Cc1cccc(OC[C@H]2C[C@H]3CN(c4ncc(F)cn4)CCN3C2)c1. The second-order valence-electron chi connectivity index (χ2n) is 6.88. The van der Waals surface area contributed by atoms with Gasteiger partial charge in [0, 0.05) is 43.7 Å². The Kier molecular flexibility index (Phi) is 4.72. The maximum atomic E-state index is 13.0. The summed E-state index contributed by atoms with van der Waals surface area (Å²) in [5.74, 6) is 4.15. The molecule has 0 spiro atoms. The highest BCUT2D eigenvalue weighted by molar-refractivity contribution is 5.38. The third-order valence-corrected chi connectivity index (χ3v) is 5.08. The van der Waals surface area contributed by atoms with Crippen molar-refractivity contribution in [2.24, 2.45) is 5.92 Å². The minimum absolute atomic E-state index is 0.403. The summed E-state index contributed by atoms with van der Waals surface area (Å²) in [7, 11) is 0. The topological polar surface area (TPSA) is 41.5 Å². The lowest BCUT2D eigenvalue weighted by Gasteiger charge is -2.37. The van der Waals surface area contributed by atoms with E-state index >= 15 is 0 Å². The van der Waals surface area contributed by atoms with Crippen LogP contribution in [-0.4, -0.2) is 53.7 Å². The third-order valence-electron chi connectivity index (χ3n) is 5.08. The molecule has 0 amide bonds. The second kappa shape index (κ2) is 7.30. The van der Waals surface area contributed by atoms with Crippen LogP contribution in [0.5, 0.6) is 5.75 Å². The molecule has 3 heterocycles. The lowest BCUT2D eigenvalue weighted by atomic mass is 10.1. The molecule has 4 rings (SSSR count). The van der Waals surface area contributed by atoms with Gasteiger partial charge in [-0.05, 0) is 24.6 Å². The zero-order valence-electron chi connectivity index (χ0n) is 14.5. The molecule has 0 saturated carbocycles. The van der Waals surface area contributed by atoms with Gasteiger partial charge in [-0.25, -0.2) is 14.4 Å². The Bertz CT molecular complexity index is 804. The average Bonchev–Trinajstić information content (AvgIpc) is 3.09. The minimum atomic E-state index is -0.403. The summed E-state index contributed by atoms with van der Waals surface area (Å²) in [6.07, 6.45) is 8.97. The number of aromatic nitrogens is 2. The maximum Gasteiger partial charge on any atom is 0.225 e. The summed E-state index contributed by atoms with van der Waals surface area (Å²) in [4.78, 5) is 12.9. The molecule has 2 aliphatic heterocycles. The van der Waals surface area contributed by atoms with Crippen molar-refractivity contribution in [2.75, 3.05) is 37.7 Å². The molecule has 1 aromatic heterocycles. The molecule has 0 unspecified atom stereocenters. The maximum absolute atomic E-state index is 13.0. The number of nitrogens with zero attached hydrogens (tertiary/aromatic N) is 4. The van der Waals surface area contributed by atoms with Crippen LogP contribution in [0.1, 0.15) is 12.0 Å². The summed E-state index contributed by atoms with van der Waals surface area (Å²) in [5.41, 5.74) is 0.835. The van der Waals surface area contributed by atoms with Gasteiger partial charge in [0.25, 0.3) is 0 Å². The number of terminal acetylenes is 1. The van der Waals surface area contributed by atoms with E-state index in [9.17, 15) is 4.39 Å². The zero-order valence-corrected chi connectivity index (χ0v) is 14.5. The number of piperazine rings is 1. The molecule has 1 aromatic carbocycles. The highest BCUT2D eigenvalue weighted by Crippen LogP contribution is 2.28. The summed E-state index contributed by atoms with van der Waals surface area (Å²) in [5, 5.41) is 0. The average molecular weight is 352 g/mol. The molecule has 0 radical (unpaired) electrons. The number of fused-ring (bicyclic) bond motifs is 1. The van der Waals surface area contributed by atoms with E-state index in [1.165, 1.54) is 12.4 Å². The molecular weight excluding hydrogens is 331 g/mol. The molecule has 2 aromatic rings. The standard InChI is InChI=1S/C20H21FN4O/c1-2-15-4-3-5-19(9-15)26-14-16-8-18-13-25(7-6-24(18)12-16)20-22-10-17(21)11-23-20/h1,3-5,9-11,16,18H,6-8,12-14H2/t16-,18-/m0/s1. The summed E-state index contributed by atoms with van der Waals surface area (Å²) >= 11 is 0. The Morgan fingerprint density at radius 1 is 1.23 bits per heavy atom. The van der Waals surface area contributed by atoms with Crippen molar-refractivity contribution in [2.45, 2.75) is 12.5 Å². The fourth-order valence-electron chi connectivity index (χ4n) is 3.81. The van der Waals surface area contributed by atoms with Crippen LogP contribution >= 0.6 is 0 Å². The molecular formula is C20H21FN4O. The minimum Gasteiger partial charge on any atom is -0.493 e. The van der Waals surface area contributed by atoms with Crippen LogP contribution in [0.2, 0.25) is 0 Å². The van der Waals surface area contributed by atoms with E-state index in [1.54, 1.807) is 0 Å². The van der Waals surface area contributed by atoms with Crippen molar-refractivity contribution in [3.63, 3.8) is 0 Å². The second-order valence-corrected chi connectivity index (χ2v) is 6.88. The molecule has 134 valence electrons. The lowest BCUT2D eigenvalue weighted by Crippen LogP contribution is -2.50. The van der Waals surface area contributed by atoms with Crippen molar-refractivity contribution in [1.82, 2.24) is 14.9 Å². The van der Waals surface area contributed by atoms with Crippen molar-refractivity contribution in [3.05, 3.63) is 48.0 Å². The first-order valence-corrected chi connectivity index (χ1v) is 8.87. The summed E-state index contributed by atoms with van der Waals surface area (Å²) < 4.78 is 19.0. The van der Waals surface area contributed by atoms with Gasteiger partial charge in [-0.1, -0.05) is 12.0 Å². The summed E-state index contributed by atoms with van der Waals surface area (Å²) in [6, 6.07) is 8.12. The Morgan fingerprint density at radius 2 is 2.08 bits per heavy atom. The first-order chi connectivity index (χ1) is 12.7. The van der Waals surface area contributed by atoms with E-state index in [2.05, 4.69) is 25.7 Å². The fourth-order valence-corrected chi connectivity index (χ4v) is 3.81. The van der Waals surface area contributed by atoms with Crippen molar-refractivity contribution < 1.29 is 9.13 Å². The molecule has 6 heteroatoms. The smallest absolute Gasteiger partial charge is 0.225 e. The van der Waals surface area contributed by atoms with Crippen LogP contribution in [-0.2, 0) is 0 Å². The Morgan fingerprint density at radius 3 is 2.88 bits per heavy atom. The highest BCUT2D eigenvalue weighted by Gasteiger charge is 2.37. The Labute approximate surface area is 152 Å². The number of hydrogen-bond acceptors (Lipinski definition) is 5. The molecule has 2 atom stereocenters. The van der Waals surface area contributed by atoms with Crippen LogP contribution in [0.4, 0.5) is 10.3 Å². The molecule has 2 saturated heterocycles. The van der Waals surface area contributed by atoms with Crippen molar-refractivity contribution in [3.8, 4) is 18.1 Å². The Hall–Kier alpha value is -2.65. The van der Waals surface area contributed by atoms with Crippen molar-refractivity contribution >= 4 is 5.95 Å². The largest absolute Gasteiger partial charge is 0.493 e. The molecule has 0 N–H and O–H groups in total. The van der Waals surface area contributed by atoms with Crippen LogP contribution in [0.25, 0.3) is 0 Å². The van der Waals surface area contributed by atoms with E-state index in [4.69, 9.17) is 11.2 Å². The monoisotopic (exact) mass is 352 g/mol. The van der Waals surface area contributed by atoms with Gasteiger partial charge >= 0.3 is 0 Å². The van der Waals surface area contributed by atoms with Gasteiger partial charge in [0.15, 0.2) is 5.82 Å². The number of anilines is 1. The van der Waals surface area contributed by atoms with Crippen molar-refractivity contribution in [1.29, 1.82) is 0 Å². The highest BCUT2D eigenvalue weighted by atomic mass is 19.1. The van der Waals surface area contributed by atoms with E-state index in [1.807, 2.05) is 24.3 Å². The molecule has 0 bridgehead atoms. The normalized spacial score (nSPS) is 22.7. The summed E-state index contributed by atoms with van der Waals surface area (Å²) in [6.45, 7) is 4.43. The number of benzene rings is 1. The van der Waals surface area contributed by atoms with E-state index in [-0.39, 0.29) is 0 Å². The van der Waals surface area contributed by atoms with E-state index in [0.29, 0.717) is 24.5 Å². The quantitative estimate of drug-likeness (QED) is 0.789. The Balaban J connectivity index is 1.33. The van der Waals surface area contributed by atoms with Gasteiger partial charge in [-0.15, -0.1) is 6.42 Å². The molecule has 2 aliphatic rings. The predicted molar refractivity (Wildman–Crippen MR) is 97.5 cm³/mol. The predicted octanol–water partition coefficient (Wildman–Crippen LogP) is 2.19. The van der Waals surface area contributed by atoms with Crippen LogP contribution in [0.3, 0.4) is 0 Å². The van der Waals surface area contributed by atoms with E-state index < -0.39 is 5.82 Å². The molecule has 26 heavy (non-hydrogen) atoms. The van der Waals surface area contributed by atoms with Crippen LogP contribution in [0.15, 0.2) is 36.7 Å². The lowest BCUT2D eigenvalue weighted by molar-refractivity contribution is 0.216. The first-order valence-electron chi connectivity index (χ1n) is 8.87. The molecule has 2 fully saturated rings. The third kappa shape index (κ3) is 3.63. The van der Waals surface area contributed by atoms with Crippen LogP contribution in [0, 0.1) is 24.1 Å². The van der Waals surface area contributed by atoms with Gasteiger partial charge < -0.3 is 9.64 Å². The van der Waals surface area contributed by atoms with Crippen LogP contribution < -0.4 is 9.64 Å². The van der Waals surface area contributed by atoms with E-state index in [0.717, 1.165) is 43.9 Å². The van der Waals surface area contributed by atoms with Gasteiger partial charge in [0.1, 0.15) is 5.75 Å². The first kappa shape index (κ1) is 16.8. The number of rotatable bonds is 4. The zero-order chi connectivity index (χ0) is 17.9. The van der Waals surface area contributed by atoms with Gasteiger partial charge in [0.05, 0.1) is 19.0 Å². The fraction of sp³-hybridized carbons (Fsp3) is 0.400. The molecule has 5 nitrogen and oxygen atoms in total. The van der Waals surface area contributed by atoms with Gasteiger partial charge in [-0.2, -0.15) is 0 Å². The van der Waals surface area contributed by atoms with Gasteiger partial charge in [-0.3, -0.25) is 4.90 Å².